The predicted molar refractivity (Wildman–Crippen MR) is 123 cm³/mol. The van der Waals surface area contributed by atoms with E-state index in [4.69, 9.17) is 9.47 Å². The van der Waals surface area contributed by atoms with Crippen LogP contribution >= 0.6 is 0 Å². The molecule has 1 aliphatic heterocycles. The smallest absolute Gasteiger partial charge is 0.387 e. The zero-order valence-corrected chi connectivity index (χ0v) is 18.9. The van der Waals surface area contributed by atoms with E-state index in [1.165, 1.54) is 12.1 Å². The van der Waals surface area contributed by atoms with E-state index >= 15 is 0 Å². The third-order valence-electron chi connectivity index (χ3n) is 5.25. The molecule has 8 heteroatoms. The Morgan fingerprint density at radius 2 is 1.88 bits per heavy atom. The summed E-state index contributed by atoms with van der Waals surface area (Å²) >= 11 is 0. The molecule has 0 aliphatic carbocycles. The summed E-state index contributed by atoms with van der Waals surface area (Å²) in [5, 5.41) is 3.08. The van der Waals surface area contributed by atoms with Gasteiger partial charge in [-0.3, -0.25) is 9.69 Å². The van der Waals surface area contributed by atoms with Gasteiger partial charge in [-0.25, -0.2) is 0 Å². The molecule has 1 aliphatic rings. The fourth-order valence-electron chi connectivity index (χ4n) is 3.56. The number of aryl methyl sites for hydroxylation is 1. The second-order valence-electron chi connectivity index (χ2n) is 7.74. The number of hydrogen-bond donors (Lipinski definition) is 1. The monoisotopic (exact) mass is 460 g/mol. The zero-order valence-electron chi connectivity index (χ0n) is 18.9. The molecule has 1 saturated heterocycles. The van der Waals surface area contributed by atoms with E-state index in [0.29, 0.717) is 31.9 Å². The third kappa shape index (κ3) is 7.83. The second kappa shape index (κ2) is 12.3. The third-order valence-corrected chi connectivity index (χ3v) is 5.25. The van der Waals surface area contributed by atoms with Crippen molar-refractivity contribution in [2.45, 2.75) is 26.5 Å². The molecule has 1 amide bonds. The highest BCUT2D eigenvalue weighted by molar-refractivity contribution is 5.92. The van der Waals surface area contributed by atoms with Gasteiger partial charge >= 0.3 is 6.61 Å². The van der Waals surface area contributed by atoms with Crippen LogP contribution in [-0.2, 0) is 9.53 Å². The van der Waals surface area contributed by atoms with Gasteiger partial charge in [0.2, 0.25) is 5.91 Å². The first-order valence-electron chi connectivity index (χ1n) is 11.0. The van der Waals surface area contributed by atoms with Crippen LogP contribution in [-0.4, -0.2) is 56.9 Å². The standard InChI is InChI=1S/C25H30F2N2O4/c1-3-32-23-16-19(6-10-22(23)33-25(26)27)7-11-24(30)28-21(17-29-12-14-31-15-13-29)20-8-4-18(2)5-9-20/h4-11,16,21,25H,3,12-15,17H2,1-2H3,(H,28,30). The van der Waals surface area contributed by atoms with Crippen LogP contribution in [0.2, 0.25) is 0 Å². The largest absolute Gasteiger partial charge is 0.490 e. The van der Waals surface area contributed by atoms with Gasteiger partial charge in [0.05, 0.1) is 25.9 Å². The number of morpholine rings is 1. The van der Waals surface area contributed by atoms with Crippen molar-refractivity contribution >= 4 is 12.0 Å². The van der Waals surface area contributed by atoms with Gasteiger partial charge in [-0.1, -0.05) is 35.9 Å². The van der Waals surface area contributed by atoms with Gasteiger partial charge in [0.25, 0.3) is 0 Å². The molecular formula is C25H30F2N2O4. The van der Waals surface area contributed by atoms with Crippen LogP contribution in [0.4, 0.5) is 8.78 Å². The molecule has 2 aromatic carbocycles. The van der Waals surface area contributed by atoms with Crippen molar-refractivity contribution in [1.82, 2.24) is 10.2 Å². The number of nitrogens with one attached hydrogen (secondary N) is 1. The van der Waals surface area contributed by atoms with Crippen LogP contribution < -0.4 is 14.8 Å². The van der Waals surface area contributed by atoms with Crippen LogP contribution in [0.3, 0.4) is 0 Å². The highest BCUT2D eigenvalue weighted by Crippen LogP contribution is 2.30. The average molecular weight is 461 g/mol. The maximum Gasteiger partial charge on any atom is 0.387 e. The number of amides is 1. The summed E-state index contributed by atoms with van der Waals surface area (Å²) in [5.41, 5.74) is 2.82. The van der Waals surface area contributed by atoms with Crippen molar-refractivity contribution < 1.29 is 27.8 Å². The van der Waals surface area contributed by atoms with Crippen LogP contribution in [0.25, 0.3) is 6.08 Å². The van der Waals surface area contributed by atoms with E-state index < -0.39 is 6.61 Å². The van der Waals surface area contributed by atoms with E-state index in [1.54, 1.807) is 25.1 Å². The molecular weight excluding hydrogens is 430 g/mol. The zero-order chi connectivity index (χ0) is 23.6. The first-order chi connectivity index (χ1) is 15.9. The first kappa shape index (κ1) is 24.7. The van der Waals surface area contributed by atoms with Crippen molar-refractivity contribution in [2.75, 3.05) is 39.5 Å². The van der Waals surface area contributed by atoms with E-state index in [9.17, 15) is 13.6 Å². The molecule has 1 fully saturated rings. The summed E-state index contributed by atoms with van der Waals surface area (Å²) in [6.45, 7) is 4.82. The maximum absolute atomic E-state index is 12.7. The number of carbonyl (C=O) groups is 1. The molecule has 1 atom stereocenters. The summed E-state index contributed by atoms with van der Waals surface area (Å²) in [6.07, 6.45) is 3.05. The van der Waals surface area contributed by atoms with Crippen molar-refractivity contribution in [1.29, 1.82) is 0 Å². The molecule has 0 spiro atoms. The number of nitrogens with zero attached hydrogens (tertiary/aromatic N) is 1. The quantitative estimate of drug-likeness (QED) is 0.539. The van der Waals surface area contributed by atoms with E-state index in [2.05, 4.69) is 15.0 Å². The fraction of sp³-hybridized carbons (Fsp3) is 0.400. The molecule has 1 N–H and O–H groups in total. The maximum atomic E-state index is 12.7. The molecule has 6 nitrogen and oxygen atoms in total. The number of rotatable bonds is 10. The van der Waals surface area contributed by atoms with Gasteiger partial charge in [0.15, 0.2) is 11.5 Å². The minimum absolute atomic E-state index is 0.0432. The van der Waals surface area contributed by atoms with Crippen LogP contribution in [0.1, 0.15) is 29.7 Å². The second-order valence-corrected chi connectivity index (χ2v) is 7.74. The topological polar surface area (TPSA) is 60.0 Å². The van der Waals surface area contributed by atoms with Gasteiger partial charge in [-0.15, -0.1) is 0 Å². The Bertz CT molecular complexity index is 929. The summed E-state index contributed by atoms with van der Waals surface area (Å²) in [4.78, 5) is 15.0. The van der Waals surface area contributed by atoms with Crippen molar-refractivity contribution in [3.63, 3.8) is 0 Å². The van der Waals surface area contributed by atoms with Crippen LogP contribution in [0.15, 0.2) is 48.5 Å². The number of alkyl halides is 2. The summed E-state index contributed by atoms with van der Waals surface area (Å²) in [5.74, 6) is -0.0942. The molecule has 178 valence electrons. The number of ether oxygens (including phenoxy) is 3. The fourth-order valence-corrected chi connectivity index (χ4v) is 3.56. The summed E-state index contributed by atoms with van der Waals surface area (Å²) in [6, 6.07) is 12.5. The average Bonchev–Trinajstić information content (AvgIpc) is 2.80. The van der Waals surface area contributed by atoms with Crippen LogP contribution in [0.5, 0.6) is 11.5 Å². The van der Waals surface area contributed by atoms with Gasteiger partial charge in [0.1, 0.15) is 0 Å². The summed E-state index contributed by atoms with van der Waals surface area (Å²) in [7, 11) is 0. The molecule has 2 aromatic rings. The lowest BCUT2D eigenvalue weighted by molar-refractivity contribution is -0.117. The van der Waals surface area contributed by atoms with E-state index in [0.717, 1.165) is 24.2 Å². The Labute approximate surface area is 193 Å². The molecule has 3 rings (SSSR count). The summed E-state index contributed by atoms with van der Waals surface area (Å²) < 4.78 is 40.5. The lowest BCUT2D eigenvalue weighted by Crippen LogP contribution is -2.42. The van der Waals surface area contributed by atoms with Gasteiger partial charge in [0, 0.05) is 25.7 Å². The number of benzene rings is 2. The molecule has 0 bridgehead atoms. The normalized spacial score (nSPS) is 15.5. The number of halogens is 2. The SMILES string of the molecule is CCOc1cc(C=CC(=O)NC(CN2CCOCC2)c2ccc(C)cc2)ccc1OC(F)F. The van der Waals surface area contributed by atoms with Crippen molar-refractivity contribution in [2.24, 2.45) is 0 Å². The van der Waals surface area contributed by atoms with Gasteiger partial charge < -0.3 is 19.5 Å². The molecule has 1 unspecified atom stereocenters. The number of carbonyl (C=O) groups excluding carboxylic acids is 1. The molecule has 0 aromatic heterocycles. The Hall–Kier alpha value is -2.97. The molecule has 0 saturated carbocycles. The lowest BCUT2D eigenvalue weighted by Gasteiger charge is -2.31. The lowest BCUT2D eigenvalue weighted by atomic mass is 10.0. The minimum atomic E-state index is -2.94. The van der Waals surface area contributed by atoms with Gasteiger partial charge in [-0.05, 0) is 43.2 Å². The highest BCUT2D eigenvalue weighted by atomic mass is 19.3. The predicted octanol–water partition coefficient (Wildman–Crippen LogP) is 4.20. The van der Waals surface area contributed by atoms with E-state index in [1.807, 2.05) is 31.2 Å². The molecule has 0 radical (unpaired) electrons. The Kier molecular flexibility index (Phi) is 9.21. The van der Waals surface area contributed by atoms with Crippen molar-refractivity contribution in [3.05, 3.63) is 65.2 Å². The highest BCUT2D eigenvalue weighted by Gasteiger charge is 2.19. The number of hydrogen-bond acceptors (Lipinski definition) is 5. The van der Waals surface area contributed by atoms with Gasteiger partial charge in [-0.2, -0.15) is 8.78 Å². The van der Waals surface area contributed by atoms with Crippen LogP contribution in [0, 0.1) is 6.92 Å². The Morgan fingerprint density at radius 3 is 2.55 bits per heavy atom. The van der Waals surface area contributed by atoms with E-state index in [-0.39, 0.29) is 23.4 Å². The Balaban J connectivity index is 1.70. The van der Waals surface area contributed by atoms with Crippen molar-refractivity contribution in [3.8, 4) is 11.5 Å². The Morgan fingerprint density at radius 1 is 1.15 bits per heavy atom. The first-order valence-corrected chi connectivity index (χ1v) is 11.0. The minimum Gasteiger partial charge on any atom is -0.490 e. The molecule has 1 heterocycles. The molecule has 33 heavy (non-hydrogen) atoms.